The van der Waals surface area contributed by atoms with Crippen LogP contribution in [0.1, 0.15) is 37.8 Å². The molecule has 6 nitrogen and oxygen atoms in total. The van der Waals surface area contributed by atoms with Crippen LogP contribution in [-0.2, 0) is 11.3 Å². The Morgan fingerprint density at radius 1 is 1.22 bits per heavy atom. The van der Waals surface area contributed by atoms with E-state index >= 15 is 0 Å². The molecule has 168 valence electrons. The van der Waals surface area contributed by atoms with Crippen molar-refractivity contribution >= 4 is 28.7 Å². The number of carbonyl (C=O) groups excluding carboxylic acids is 1. The molecule has 1 saturated heterocycles. The van der Waals surface area contributed by atoms with E-state index < -0.39 is 0 Å². The predicted molar refractivity (Wildman–Crippen MR) is 132 cm³/mol. The number of fused-ring (bicyclic) bond motifs is 1. The van der Waals surface area contributed by atoms with Gasteiger partial charge in [-0.2, -0.15) is 0 Å². The van der Waals surface area contributed by atoms with E-state index in [9.17, 15) is 4.79 Å². The maximum Gasteiger partial charge on any atom is 0.222 e. The number of allylic oxidation sites excluding steroid dienone is 5. The molecule has 3 N–H and O–H groups in total. The lowest BCUT2D eigenvalue weighted by Crippen LogP contribution is -2.31. The number of carbonyl (C=O) groups is 1. The number of nitrogens with one attached hydrogen (secondary N) is 1. The summed E-state index contributed by atoms with van der Waals surface area (Å²) in [5, 5.41) is 7.47. The zero-order valence-electron chi connectivity index (χ0n) is 18.7. The molecule has 0 aromatic carbocycles. The Labute approximate surface area is 190 Å². The Balaban J connectivity index is 1.60. The van der Waals surface area contributed by atoms with Gasteiger partial charge in [-0.1, -0.05) is 31.4 Å². The Hall–Kier alpha value is -3.41. The monoisotopic (exact) mass is 431 g/mol. The van der Waals surface area contributed by atoms with Gasteiger partial charge in [-0.3, -0.25) is 4.79 Å². The fourth-order valence-corrected chi connectivity index (χ4v) is 4.29. The number of nitrogens with two attached hydrogens (primary N) is 1. The molecule has 1 aliphatic rings. The maximum absolute atomic E-state index is 12.7. The highest BCUT2D eigenvalue weighted by molar-refractivity contribution is 6.07. The Kier molecular flexibility index (Phi) is 8.20. The van der Waals surface area contributed by atoms with Crippen LogP contribution >= 0.6 is 0 Å². The van der Waals surface area contributed by atoms with Crippen molar-refractivity contribution in [2.45, 2.75) is 38.6 Å². The smallest absolute Gasteiger partial charge is 0.222 e. The first-order valence-electron chi connectivity index (χ1n) is 11.2. The van der Waals surface area contributed by atoms with Crippen LogP contribution in [0.2, 0.25) is 0 Å². The van der Waals surface area contributed by atoms with Crippen molar-refractivity contribution < 1.29 is 4.79 Å². The summed E-state index contributed by atoms with van der Waals surface area (Å²) >= 11 is 0. The van der Waals surface area contributed by atoms with Gasteiger partial charge in [0.25, 0.3) is 0 Å². The van der Waals surface area contributed by atoms with E-state index in [1.165, 1.54) is 12.4 Å². The van der Waals surface area contributed by atoms with E-state index in [-0.39, 0.29) is 5.91 Å². The van der Waals surface area contributed by atoms with Gasteiger partial charge >= 0.3 is 0 Å². The number of amides is 1. The van der Waals surface area contributed by atoms with E-state index in [2.05, 4.69) is 28.9 Å². The highest BCUT2D eigenvalue weighted by Crippen LogP contribution is 2.24. The second-order valence-corrected chi connectivity index (χ2v) is 8.19. The third-order valence-corrected chi connectivity index (χ3v) is 6.13. The lowest BCUT2D eigenvalue weighted by molar-refractivity contribution is -0.131. The van der Waals surface area contributed by atoms with Gasteiger partial charge in [0.15, 0.2) is 0 Å². The molecule has 32 heavy (non-hydrogen) atoms. The second kappa shape index (κ2) is 11.3. The first-order chi connectivity index (χ1) is 15.6. The van der Waals surface area contributed by atoms with E-state index in [0.717, 1.165) is 55.5 Å². The minimum absolute atomic E-state index is 0.223. The average Bonchev–Trinajstić information content (AvgIpc) is 3.05. The van der Waals surface area contributed by atoms with Crippen LogP contribution in [0, 0.1) is 11.3 Å². The van der Waals surface area contributed by atoms with Gasteiger partial charge < -0.3 is 20.6 Å². The van der Waals surface area contributed by atoms with Crippen molar-refractivity contribution in [3.05, 3.63) is 73.2 Å². The standard InChI is InChI=1S/C26H33N5O/c1-3-6-20(4-2)8-11-26(32)30-14-5-7-21(12-15-30)19-31-16-13-24-25(31)10-9-23(29-24)22(17-27)18-28/h3-4,6,9-10,13,16-18,21,27H,1-2,5,7-8,11-12,14-15,19,28H2/b20-6+,22-18+,27-17?. The minimum Gasteiger partial charge on any atom is -0.404 e. The number of aromatic nitrogens is 2. The van der Waals surface area contributed by atoms with E-state index in [1.54, 1.807) is 12.2 Å². The Morgan fingerprint density at radius 3 is 2.78 bits per heavy atom. The lowest BCUT2D eigenvalue weighted by atomic mass is 10.0. The fourth-order valence-electron chi connectivity index (χ4n) is 4.29. The van der Waals surface area contributed by atoms with Gasteiger partial charge in [0.2, 0.25) is 5.91 Å². The summed E-state index contributed by atoms with van der Waals surface area (Å²) in [6.45, 7) is 10.1. The van der Waals surface area contributed by atoms with E-state index in [4.69, 9.17) is 11.1 Å². The van der Waals surface area contributed by atoms with Gasteiger partial charge in [0, 0.05) is 50.2 Å². The highest BCUT2D eigenvalue weighted by Gasteiger charge is 2.21. The molecule has 1 fully saturated rings. The molecule has 3 heterocycles. The molecule has 0 radical (unpaired) electrons. The third kappa shape index (κ3) is 5.63. The maximum atomic E-state index is 12.7. The average molecular weight is 432 g/mol. The normalized spacial score (nSPS) is 17.8. The number of nitrogens with zero attached hydrogens (tertiary/aromatic N) is 3. The SMILES string of the molecule is C=C/C=C(\C=C)CCC(=O)N1CCCC(Cn2ccc3nc(/C(C=N)=C/N)ccc32)CC1. The molecule has 3 rings (SSSR count). The molecule has 6 heteroatoms. The fraction of sp³-hybridized carbons (Fsp3) is 0.346. The van der Waals surface area contributed by atoms with Gasteiger partial charge in [-0.25, -0.2) is 4.98 Å². The first kappa shape index (κ1) is 23.3. The number of likely N-dealkylation sites (tertiary alicyclic amines) is 1. The van der Waals surface area contributed by atoms with Gasteiger partial charge in [-0.05, 0) is 55.4 Å². The quantitative estimate of drug-likeness (QED) is 0.446. The van der Waals surface area contributed by atoms with Crippen LogP contribution in [0.5, 0.6) is 0 Å². The minimum atomic E-state index is 0.223. The molecule has 1 unspecified atom stereocenters. The summed E-state index contributed by atoms with van der Waals surface area (Å²) in [7, 11) is 0. The molecule has 0 spiro atoms. The number of hydrogen-bond donors (Lipinski definition) is 2. The summed E-state index contributed by atoms with van der Waals surface area (Å²) in [5.41, 5.74) is 9.94. The zero-order valence-corrected chi connectivity index (χ0v) is 18.7. The largest absolute Gasteiger partial charge is 0.404 e. The van der Waals surface area contributed by atoms with Crippen molar-refractivity contribution in [1.82, 2.24) is 14.5 Å². The number of pyridine rings is 1. The molecule has 2 aromatic rings. The van der Waals surface area contributed by atoms with Crippen LogP contribution in [-0.4, -0.2) is 39.7 Å². The van der Waals surface area contributed by atoms with Crippen LogP contribution in [0.4, 0.5) is 0 Å². The third-order valence-electron chi connectivity index (χ3n) is 6.13. The molecule has 1 atom stereocenters. The van der Waals surface area contributed by atoms with Gasteiger partial charge in [0.1, 0.15) is 0 Å². The molecule has 0 bridgehead atoms. The van der Waals surface area contributed by atoms with Gasteiger partial charge in [-0.15, -0.1) is 0 Å². The summed E-state index contributed by atoms with van der Waals surface area (Å²) < 4.78 is 2.25. The Morgan fingerprint density at radius 2 is 2.06 bits per heavy atom. The lowest BCUT2D eigenvalue weighted by Gasteiger charge is -2.21. The number of rotatable bonds is 9. The zero-order chi connectivity index (χ0) is 22.9. The van der Waals surface area contributed by atoms with Crippen molar-refractivity contribution in [2.24, 2.45) is 11.7 Å². The van der Waals surface area contributed by atoms with Crippen LogP contribution < -0.4 is 5.73 Å². The molecule has 2 aromatic heterocycles. The van der Waals surface area contributed by atoms with Crippen molar-refractivity contribution in [1.29, 1.82) is 5.41 Å². The molecule has 0 saturated carbocycles. The molecule has 1 amide bonds. The molecular weight excluding hydrogens is 398 g/mol. The van der Waals surface area contributed by atoms with Crippen LogP contribution in [0.15, 0.2) is 67.6 Å². The van der Waals surface area contributed by atoms with Crippen molar-refractivity contribution in [3.8, 4) is 0 Å². The molecular formula is C26H33N5O. The molecule has 0 aliphatic carbocycles. The van der Waals surface area contributed by atoms with E-state index in [1.807, 2.05) is 29.2 Å². The van der Waals surface area contributed by atoms with Crippen molar-refractivity contribution in [2.75, 3.05) is 13.1 Å². The first-order valence-corrected chi connectivity index (χ1v) is 11.2. The summed E-state index contributed by atoms with van der Waals surface area (Å²) in [6, 6.07) is 5.97. The summed E-state index contributed by atoms with van der Waals surface area (Å²) in [6.07, 6.45) is 14.5. The van der Waals surface area contributed by atoms with Crippen LogP contribution in [0.25, 0.3) is 16.6 Å². The molecule has 1 aliphatic heterocycles. The topological polar surface area (TPSA) is 88.0 Å². The number of hydrogen-bond acceptors (Lipinski definition) is 4. The predicted octanol–water partition coefficient (Wildman–Crippen LogP) is 4.69. The van der Waals surface area contributed by atoms with Crippen molar-refractivity contribution in [3.63, 3.8) is 0 Å². The van der Waals surface area contributed by atoms with Crippen LogP contribution in [0.3, 0.4) is 0 Å². The van der Waals surface area contributed by atoms with Gasteiger partial charge in [0.05, 0.1) is 16.7 Å². The summed E-state index contributed by atoms with van der Waals surface area (Å²) in [4.78, 5) is 19.4. The summed E-state index contributed by atoms with van der Waals surface area (Å²) in [5.74, 6) is 0.745. The second-order valence-electron chi connectivity index (χ2n) is 8.19. The Bertz CT molecular complexity index is 1050. The van der Waals surface area contributed by atoms with E-state index in [0.29, 0.717) is 30.0 Å². The highest BCUT2D eigenvalue weighted by atomic mass is 16.2.